The van der Waals surface area contributed by atoms with Crippen LogP contribution >= 0.6 is 11.6 Å². The average Bonchev–Trinajstić information content (AvgIpc) is 3.33. The van der Waals surface area contributed by atoms with E-state index in [9.17, 15) is 18.0 Å². The van der Waals surface area contributed by atoms with Gasteiger partial charge in [-0.1, -0.05) is 54.1 Å². The fourth-order valence-corrected chi connectivity index (χ4v) is 4.75. The van der Waals surface area contributed by atoms with Crippen molar-refractivity contribution in [3.63, 3.8) is 0 Å². The molecule has 0 saturated carbocycles. The summed E-state index contributed by atoms with van der Waals surface area (Å²) in [5, 5.41) is 7.10. The number of halogens is 1. The Morgan fingerprint density at radius 1 is 0.886 bits per heavy atom. The van der Waals surface area contributed by atoms with Crippen molar-refractivity contribution in [2.75, 3.05) is 4.72 Å². The summed E-state index contributed by atoms with van der Waals surface area (Å²) in [7, 11) is -4.00. The van der Waals surface area contributed by atoms with Crippen LogP contribution in [0, 0.1) is 6.92 Å². The Kier molecular flexibility index (Phi) is 6.85. The van der Waals surface area contributed by atoms with Gasteiger partial charge in [0.2, 0.25) is 0 Å². The molecule has 0 aliphatic heterocycles. The second-order valence-electron chi connectivity index (χ2n) is 7.54. The van der Waals surface area contributed by atoms with Crippen LogP contribution in [0.1, 0.15) is 26.4 Å². The summed E-state index contributed by atoms with van der Waals surface area (Å²) in [6.45, 7) is 1.61. The maximum Gasteiger partial charge on any atom is 0.287 e. The minimum atomic E-state index is -4.00. The smallest absolute Gasteiger partial charge is 0.280 e. The van der Waals surface area contributed by atoms with Crippen molar-refractivity contribution >= 4 is 39.1 Å². The highest BCUT2D eigenvalue weighted by molar-refractivity contribution is 7.92. The van der Waals surface area contributed by atoms with E-state index in [2.05, 4.69) is 25.8 Å². The lowest BCUT2D eigenvalue weighted by atomic mass is 10.1. The van der Waals surface area contributed by atoms with E-state index in [0.29, 0.717) is 16.3 Å². The molecule has 3 aromatic carbocycles. The number of H-pyrrole nitrogens is 1. The molecule has 0 bridgehead atoms. The Labute approximate surface area is 206 Å². The van der Waals surface area contributed by atoms with Crippen LogP contribution in [-0.4, -0.2) is 30.4 Å². The first-order valence-electron chi connectivity index (χ1n) is 10.3. The third-order valence-electron chi connectivity index (χ3n) is 5.00. The van der Waals surface area contributed by atoms with E-state index in [-0.39, 0.29) is 21.8 Å². The maximum atomic E-state index is 12.9. The first kappa shape index (κ1) is 24.0. The Morgan fingerprint density at radius 2 is 1.63 bits per heavy atom. The number of hydrogen-bond acceptors (Lipinski definition) is 5. The number of amides is 2. The highest BCUT2D eigenvalue weighted by Gasteiger charge is 2.20. The zero-order valence-corrected chi connectivity index (χ0v) is 19.9. The van der Waals surface area contributed by atoms with Gasteiger partial charge in [0.05, 0.1) is 16.3 Å². The van der Waals surface area contributed by atoms with Crippen LogP contribution in [0.5, 0.6) is 0 Å². The number of aromatic nitrogens is 2. The van der Waals surface area contributed by atoms with Crippen LogP contribution in [-0.2, 0) is 10.0 Å². The molecule has 0 aliphatic carbocycles. The lowest BCUT2D eigenvalue weighted by Gasteiger charge is -2.12. The van der Waals surface area contributed by atoms with E-state index in [4.69, 9.17) is 11.6 Å². The maximum absolute atomic E-state index is 12.9. The van der Waals surface area contributed by atoms with Crippen molar-refractivity contribution < 1.29 is 18.0 Å². The van der Waals surface area contributed by atoms with Crippen LogP contribution in [0.2, 0.25) is 5.02 Å². The third-order valence-corrected chi connectivity index (χ3v) is 6.76. The van der Waals surface area contributed by atoms with Gasteiger partial charge in [-0.05, 0) is 48.9 Å². The molecule has 0 aliphatic rings. The molecule has 0 fully saturated rings. The standard InChI is InChI=1S/C24H20ClN5O4S/c1-15-10-11-17(12-22(15)35(33,34)30-19-9-5-8-18(25)13-19)23(31)28-29-24(32)21-14-20(26-27-21)16-6-3-2-4-7-16/h2-14,30H,1H3,(H,26,27)(H,28,31)(H,29,32). The van der Waals surface area contributed by atoms with Crippen molar-refractivity contribution in [1.82, 2.24) is 21.0 Å². The summed E-state index contributed by atoms with van der Waals surface area (Å²) < 4.78 is 28.3. The molecule has 11 heteroatoms. The van der Waals surface area contributed by atoms with Gasteiger partial charge in [-0.15, -0.1) is 0 Å². The van der Waals surface area contributed by atoms with Gasteiger partial charge in [0.1, 0.15) is 5.69 Å². The van der Waals surface area contributed by atoms with Crippen LogP contribution in [0.3, 0.4) is 0 Å². The summed E-state index contributed by atoms with van der Waals surface area (Å²) in [6, 6.07) is 21.3. The van der Waals surface area contributed by atoms with Gasteiger partial charge in [0, 0.05) is 16.1 Å². The molecule has 35 heavy (non-hydrogen) atoms. The molecule has 0 radical (unpaired) electrons. The molecule has 4 rings (SSSR count). The number of rotatable bonds is 6. The number of nitrogens with one attached hydrogen (secondary N) is 4. The lowest BCUT2D eigenvalue weighted by Crippen LogP contribution is -2.41. The first-order chi connectivity index (χ1) is 16.7. The minimum Gasteiger partial charge on any atom is -0.280 e. The summed E-state index contributed by atoms with van der Waals surface area (Å²) in [5.41, 5.74) is 6.87. The van der Waals surface area contributed by atoms with Gasteiger partial charge in [0.25, 0.3) is 21.8 Å². The molecule has 4 N–H and O–H groups in total. The Morgan fingerprint density at radius 3 is 2.37 bits per heavy atom. The highest BCUT2D eigenvalue weighted by atomic mass is 35.5. The molecule has 178 valence electrons. The predicted molar refractivity (Wildman–Crippen MR) is 132 cm³/mol. The van der Waals surface area contributed by atoms with Gasteiger partial charge in [-0.3, -0.25) is 30.3 Å². The van der Waals surface area contributed by atoms with Crippen molar-refractivity contribution in [3.8, 4) is 11.3 Å². The van der Waals surface area contributed by atoms with Crippen LogP contribution < -0.4 is 15.6 Å². The molecule has 2 amide bonds. The fourth-order valence-electron chi connectivity index (χ4n) is 3.24. The molecule has 0 spiro atoms. The molecule has 0 unspecified atom stereocenters. The lowest BCUT2D eigenvalue weighted by molar-refractivity contribution is 0.0844. The van der Waals surface area contributed by atoms with Crippen molar-refractivity contribution in [2.45, 2.75) is 11.8 Å². The summed E-state index contributed by atoms with van der Waals surface area (Å²) in [6.07, 6.45) is 0. The largest absolute Gasteiger partial charge is 0.287 e. The molecule has 9 nitrogen and oxygen atoms in total. The molecule has 4 aromatic rings. The van der Waals surface area contributed by atoms with Gasteiger partial charge in [-0.2, -0.15) is 5.10 Å². The molecular formula is C24H20ClN5O4S. The number of benzene rings is 3. The highest BCUT2D eigenvalue weighted by Crippen LogP contribution is 2.23. The normalized spacial score (nSPS) is 11.0. The van der Waals surface area contributed by atoms with Crippen molar-refractivity contribution in [1.29, 1.82) is 0 Å². The Hall–Kier alpha value is -4.15. The molecule has 1 aromatic heterocycles. The van der Waals surface area contributed by atoms with E-state index in [1.807, 2.05) is 30.3 Å². The Bertz CT molecular complexity index is 1500. The van der Waals surface area contributed by atoms with E-state index in [1.54, 1.807) is 31.2 Å². The number of anilines is 1. The molecular weight excluding hydrogens is 490 g/mol. The van der Waals surface area contributed by atoms with Crippen LogP contribution in [0.15, 0.2) is 83.8 Å². The van der Waals surface area contributed by atoms with E-state index in [1.165, 1.54) is 24.3 Å². The van der Waals surface area contributed by atoms with Crippen molar-refractivity contribution in [3.05, 3.63) is 101 Å². The number of sulfonamides is 1. The van der Waals surface area contributed by atoms with Gasteiger partial charge in [-0.25, -0.2) is 8.42 Å². The second kappa shape index (κ2) is 10.00. The number of aryl methyl sites for hydroxylation is 1. The minimum absolute atomic E-state index is 0.0388. The zero-order valence-electron chi connectivity index (χ0n) is 18.4. The summed E-state index contributed by atoms with van der Waals surface area (Å²) in [5.74, 6) is -1.31. The number of carbonyl (C=O) groups excluding carboxylic acids is 2. The topological polar surface area (TPSA) is 133 Å². The monoisotopic (exact) mass is 509 g/mol. The molecule has 0 atom stereocenters. The van der Waals surface area contributed by atoms with Crippen LogP contribution in [0.4, 0.5) is 5.69 Å². The van der Waals surface area contributed by atoms with Gasteiger partial charge < -0.3 is 0 Å². The van der Waals surface area contributed by atoms with Crippen molar-refractivity contribution in [2.24, 2.45) is 0 Å². The fraction of sp³-hybridized carbons (Fsp3) is 0.0417. The van der Waals surface area contributed by atoms with E-state index < -0.39 is 21.8 Å². The van der Waals surface area contributed by atoms with E-state index in [0.717, 1.165) is 5.56 Å². The number of aromatic amines is 1. The molecule has 1 heterocycles. The number of hydrogen-bond donors (Lipinski definition) is 4. The third kappa shape index (κ3) is 5.68. The predicted octanol–water partition coefficient (Wildman–Crippen LogP) is 3.91. The quantitative estimate of drug-likeness (QED) is 0.292. The average molecular weight is 510 g/mol. The summed E-state index contributed by atoms with van der Waals surface area (Å²) >= 11 is 5.93. The zero-order chi connectivity index (χ0) is 25.0. The van der Waals surface area contributed by atoms with Gasteiger partial charge in [0.15, 0.2) is 0 Å². The Balaban J connectivity index is 1.45. The number of carbonyl (C=O) groups is 2. The van der Waals surface area contributed by atoms with E-state index >= 15 is 0 Å². The second-order valence-corrected chi connectivity index (χ2v) is 9.62. The SMILES string of the molecule is Cc1ccc(C(=O)NNC(=O)c2cc(-c3ccccc3)n[nH]2)cc1S(=O)(=O)Nc1cccc(Cl)c1. The number of nitrogens with zero attached hydrogens (tertiary/aromatic N) is 1. The first-order valence-corrected chi connectivity index (χ1v) is 12.2. The molecule has 0 saturated heterocycles. The van der Waals surface area contributed by atoms with Crippen LogP contribution in [0.25, 0.3) is 11.3 Å². The van der Waals surface area contributed by atoms with Gasteiger partial charge >= 0.3 is 0 Å². The summed E-state index contributed by atoms with van der Waals surface area (Å²) in [4.78, 5) is 25.0. The number of hydrazine groups is 1.